The molecule has 0 aliphatic rings. The SMILES string of the molecule is CNCc1cccc(Oc2ccc(C#N)c(Br)c2)c1. The average molecular weight is 317 g/mol. The Labute approximate surface area is 121 Å². The van der Waals surface area contributed by atoms with Crippen LogP contribution in [0.2, 0.25) is 0 Å². The molecule has 2 aromatic carbocycles. The van der Waals surface area contributed by atoms with Gasteiger partial charge in [-0.2, -0.15) is 5.26 Å². The van der Waals surface area contributed by atoms with E-state index in [4.69, 9.17) is 10.00 Å². The van der Waals surface area contributed by atoms with Gasteiger partial charge in [0, 0.05) is 11.0 Å². The summed E-state index contributed by atoms with van der Waals surface area (Å²) in [6.45, 7) is 0.800. The van der Waals surface area contributed by atoms with Crippen LogP contribution < -0.4 is 10.1 Å². The van der Waals surface area contributed by atoms with Gasteiger partial charge in [0.1, 0.15) is 17.6 Å². The third-order valence-electron chi connectivity index (χ3n) is 2.58. The maximum Gasteiger partial charge on any atom is 0.128 e. The summed E-state index contributed by atoms with van der Waals surface area (Å²) < 4.78 is 6.51. The zero-order valence-electron chi connectivity index (χ0n) is 10.5. The molecule has 0 saturated carbocycles. The van der Waals surface area contributed by atoms with E-state index >= 15 is 0 Å². The Kier molecular flexibility index (Phi) is 4.56. The number of nitrogens with one attached hydrogen (secondary N) is 1. The smallest absolute Gasteiger partial charge is 0.128 e. The van der Waals surface area contributed by atoms with Crippen molar-refractivity contribution in [3.63, 3.8) is 0 Å². The topological polar surface area (TPSA) is 45.0 Å². The number of nitrogens with zero attached hydrogens (tertiary/aromatic N) is 1. The van der Waals surface area contributed by atoms with Crippen LogP contribution >= 0.6 is 15.9 Å². The number of benzene rings is 2. The molecule has 0 unspecified atom stereocenters. The third kappa shape index (κ3) is 3.57. The zero-order chi connectivity index (χ0) is 13.7. The Morgan fingerprint density at radius 3 is 2.68 bits per heavy atom. The van der Waals surface area contributed by atoms with Crippen molar-refractivity contribution in [1.29, 1.82) is 5.26 Å². The summed E-state index contributed by atoms with van der Waals surface area (Å²) in [5.74, 6) is 1.48. The van der Waals surface area contributed by atoms with Gasteiger partial charge in [-0.15, -0.1) is 0 Å². The van der Waals surface area contributed by atoms with Crippen LogP contribution in [0.15, 0.2) is 46.9 Å². The van der Waals surface area contributed by atoms with E-state index in [2.05, 4.69) is 27.3 Å². The van der Waals surface area contributed by atoms with Gasteiger partial charge >= 0.3 is 0 Å². The Morgan fingerprint density at radius 2 is 2.00 bits per heavy atom. The van der Waals surface area contributed by atoms with Crippen molar-refractivity contribution in [2.75, 3.05) is 7.05 Å². The summed E-state index contributed by atoms with van der Waals surface area (Å²) in [5, 5.41) is 12.0. The normalized spacial score (nSPS) is 9.95. The molecular weight excluding hydrogens is 304 g/mol. The molecule has 0 bridgehead atoms. The summed E-state index contributed by atoms with van der Waals surface area (Å²) in [6.07, 6.45) is 0. The van der Waals surface area contributed by atoms with Crippen molar-refractivity contribution in [3.8, 4) is 17.6 Å². The van der Waals surface area contributed by atoms with Crippen LogP contribution in [0, 0.1) is 11.3 Å². The lowest BCUT2D eigenvalue weighted by atomic mass is 10.2. The van der Waals surface area contributed by atoms with Gasteiger partial charge in [0.25, 0.3) is 0 Å². The van der Waals surface area contributed by atoms with Crippen LogP contribution in [0.5, 0.6) is 11.5 Å². The van der Waals surface area contributed by atoms with Crippen LogP contribution in [-0.4, -0.2) is 7.05 Å². The molecule has 0 spiro atoms. The molecule has 0 saturated heterocycles. The second-order valence-corrected chi connectivity index (χ2v) is 4.89. The Balaban J connectivity index is 2.19. The van der Waals surface area contributed by atoms with Gasteiger partial charge in [0.2, 0.25) is 0 Å². The Morgan fingerprint density at radius 1 is 1.21 bits per heavy atom. The lowest BCUT2D eigenvalue weighted by molar-refractivity contribution is 0.481. The molecule has 0 aromatic heterocycles. The molecule has 0 atom stereocenters. The number of hydrogen-bond acceptors (Lipinski definition) is 3. The third-order valence-corrected chi connectivity index (χ3v) is 3.23. The molecule has 0 aliphatic heterocycles. The largest absolute Gasteiger partial charge is 0.457 e. The zero-order valence-corrected chi connectivity index (χ0v) is 12.1. The fourth-order valence-corrected chi connectivity index (χ4v) is 2.16. The van der Waals surface area contributed by atoms with Gasteiger partial charge < -0.3 is 10.1 Å². The first-order chi connectivity index (χ1) is 9.22. The fraction of sp³-hybridized carbons (Fsp3) is 0.133. The van der Waals surface area contributed by atoms with Gasteiger partial charge in [-0.25, -0.2) is 0 Å². The second-order valence-electron chi connectivity index (χ2n) is 4.03. The molecule has 2 aromatic rings. The molecule has 19 heavy (non-hydrogen) atoms. The van der Waals surface area contributed by atoms with Crippen LogP contribution in [0.4, 0.5) is 0 Å². The van der Waals surface area contributed by atoms with Crippen LogP contribution in [-0.2, 0) is 6.54 Å². The van der Waals surface area contributed by atoms with E-state index in [-0.39, 0.29) is 0 Å². The Bertz CT molecular complexity index is 620. The van der Waals surface area contributed by atoms with E-state index in [1.807, 2.05) is 31.3 Å². The van der Waals surface area contributed by atoms with Crippen LogP contribution in [0.25, 0.3) is 0 Å². The molecule has 2 rings (SSSR count). The van der Waals surface area contributed by atoms with Gasteiger partial charge in [-0.05, 0) is 58.9 Å². The first-order valence-corrected chi connectivity index (χ1v) is 6.63. The minimum atomic E-state index is 0.594. The molecule has 96 valence electrons. The molecule has 0 aliphatic carbocycles. The van der Waals surface area contributed by atoms with E-state index in [0.717, 1.165) is 22.3 Å². The Hall–Kier alpha value is -1.83. The van der Waals surface area contributed by atoms with Crippen molar-refractivity contribution >= 4 is 15.9 Å². The summed E-state index contributed by atoms with van der Waals surface area (Å²) in [6, 6.07) is 15.3. The van der Waals surface area contributed by atoms with Crippen molar-refractivity contribution < 1.29 is 4.74 Å². The first kappa shape index (κ1) is 13.6. The van der Waals surface area contributed by atoms with E-state index in [1.54, 1.807) is 18.2 Å². The fourth-order valence-electron chi connectivity index (χ4n) is 1.71. The highest BCUT2D eigenvalue weighted by molar-refractivity contribution is 9.10. The van der Waals surface area contributed by atoms with Crippen molar-refractivity contribution in [1.82, 2.24) is 5.32 Å². The number of nitriles is 1. The number of hydrogen-bond donors (Lipinski definition) is 1. The standard InChI is InChI=1S/C15H13BrN2O/c1-18-10-11-3-2-4-13(7-11)19-14-6-5-12(9-17)15(16)8-14/h2-8,18H,10H2,1H3. The number of ether oxygens (including phenoxy) is 1. The maximum absolute atomic E-state index is 8.87. The maximum atomic E-state index is 8.87. The van der Waals surface area contributed by atoms with Crippen molar-refractivity contribution in [3.05, 3.63) is 58.1 Å². The van der Waals surface area contributed by atoms with E-state index in [9.17, 15) is 0 Å². The highest BCUT2D eigenvalue weighted by Gasteiger charge is 2.03. The first-order valence-electron chi connectivity index (χ1n) is 5.84. The predicted octanol–water partition coefficient (Wildman–Crippen LogP) is 3.83. The van der Waals surface area contributed by atoms with Crippen molar-refractivity contribution in [2.45, 2.75) is 6.54 Å². The summed E-state index contributed by atoms with van der Waals surface area (Å²) in [5.41, 5.74) is 1.75. The molecule has 3 nitrogen and oxygen atoms in total. The molecule has 0 radical (unpaired) electrons. The molecular formula is C15H13BrN2O. The molecule has 0 fully saturated rings. The summed E-state index contributed by atoms with van der Waals surface area (Å²) in [4.78, 5) is 0. The molecule has 1 N–H and O–H groups in total. The minimum Gasteiger partial charge on any atom is -0.457 e. The average Bonchev–Trinajstić information content (AvgIpc) is 2.40. The van der Waals surface area contributed by atoms with Crippen LogP contribution in [0.1, 0.15) is 11.1 Å². The lowest BCUT2D eigenvalue weighted by Gasteiger charge is -2.08. The molecule has 0 amide bonds. The van der Waals surface area contributed by atoms with E-state index < -0.39 is 0 Å². The highest BCUT2D eigenvalue weighted by Crippen LogP contribution is 2.27. The van der Waals surface area contributed by atoms with Crippen LogP contribution in [0.3, 0.4) is 0 Å². The minimum absolute atomic E-state index is 0.594. The van der Waals surface area contributed by atoms with Crippen molar-refractivity contribution in [2.24, 2.45) is 0 Å². The summed E-state index contributed by atoms with van der Waals surface area (Å²) >= 11 is 3.35. The summed E-state index contributed by atoms with van der Waals surface area (Å²) in [7, 11) is 1.91. The number of halogens is 1. The lowest BCUT2D eigenvalue weighted by Crippen LogP contribution is -2.04. The molecule has 4 heteroatoms. The quantitative estimate of drug-likeness (QED) is 0.932. The van der Waals surface area contributed by atoms with Gasteiger partial charge in [-0.1, -0.05) is 12.1 Å². The number of rotatable bonds is 4. The monoisotopic (exact) mass is 316 g/mol. The second kappa shape index (κ2) is 6.37. The van der Waals surface area contributed by atoms with E-state index in [0.29, 0.717) is 11.3 Å². The molecule has 0 heterocycles. The van der Waals surface area contributed by atoms with E-state index in [1.165, 1.54) is 0 Å². The predicted molar refractivity (Wildman–Crippen MR) is 78.1 cm³/mol. The van der Waals surface area contributed by atoms with Gasteiger partial charge in [-0.3, -0.25) is 0 Å². The van der Waals surface area contributed by atoms with Gasteiger partial charge in [0.15, 0.2) is 0 Å². The highest BCUT2D eigenvalue weighted by atomic mass is 79.9. The van der Waals surface area contributed by atoms with Gasteiger partial charge in [0.05, 0.1) is 5.56 Å².